The molecular formula is C11H13F3. The van der Waals surface area contributed by atoms with Crippen LogP contribution in [-0.2, 0) is 12.6 Å². The third-order valence-corrected chi connectivity index (χ3v) is 2.48. The van der Waals surface area contributed by atoms with Crippen LogP contribution in [0.4, 0.5) is 13.2 Å². The van der Waals surface area contributed by atoms with E-state index >= 15 is 0 Å². The standard InChI is InChI=1S/C11H13F3/c1-4-9-6-10(11(12,13)14)5-7(2)8(9)3/h5-6H,4H2,1-3H3. The zero-order chi connectivity index (χ0) is 10.9. The molecule has 0 saturated carbocycles. The second-order valence-electron chi connectivity index (χ2n) is 3.43. The Bertz CT molecular complexity index is 337. The van der Waals surface area contributed by atoms with Gasteiger partial charge in [0.15, 0.2) is 0 Å². The molecular weight excluding hydrogens is 189 g/mol. The molecule has 0 bridgehead atoms. The van der Waals surface area contributed by atoms with E-state index in [1.54, 1.807) is 6.92 Å². The van der Waals surface area contributed by atoms with Crippen LogP contribution in [0.1, 0.15) is 29.2 Å². The molecule has 0 amide bonds. The minimum atomic E-state index is -4.23. The summed E-state index contributed by atoms with van der Waals surface area (Å²) >= 11 is 0. The van der Waals surface area contributed by atoms with Crippen LogP contribution in [0.3, 0.4) is 0 Å². The van der Waals surface area contributed by atoms with E-state index in [4.69, 9.17) is 0 Å². The topological polar surface area (TPSA) is 0 Å². The lowest BCUT2D eigenvalue weighted by Gasteiger charge is -2.12. The predicted molar refractivity (Wildman–Crippen MR) is 50.3 cm³/mol. The quantitative estimate of drug-likeness (QED) is 0.648. The maximum absolute atomic E-state index is 12.4. The van der Waals surface area contributed by atoms with E-state index in [9.17, 15) is 13.2 Å². The highest BCUT2D eigenvalue weighted by Crippen LogP contribution is 2.31. The molecule has 1 rings (SSSR count). The van der Waals surface area contributed by atoms with Gasteiger partial charge in [-0.05, 0) is 49.1 Å². The molecule has 1 aromatic carbocycles. The summed E-state index contributed by atoms with van der Waals surface area (Å²) in [5.41, 5.74) is 1.90. The summed E-state index contributed by atoms with van der Waals surface area (Å²) in [6.07, 6.45) is -3.60. The number of alkyl halides is 3. The van der Waals surface area contributed by atoms with Gasteiger partial charge in [0, 0.05) is 0 Å². The molecule has 0 aromatic heterocycles. The van der Waals surface area contributed by atoms with Crippen molar-refractivity contribution in [1.29, 1.82) is 0 Å². The molecule has 14 heavy (non-hydrogen) atoms. The fourth-order valence-electron chi connectivity index (χ4n) is 1.46. The van der Waals surface area contributed by atoms with Gasteiger partial charge in [-0.15, -0.1) is 0 Å². The number of aryl methyl sites for hydroxylation is 2. The monoisotopic (exact) mass is 202 g/mol. The minimum Gasteiger partial charge on any atom is -0.166 e. The molecule has 0 radical (unpaired) electrons. The van der Waals surface area contributed by atoms with Crippen molar-refractivity contribution in [3.8, 4) is 0 Å². The summed E-state index contributed by atoms with van der Waals surface area (Å²) in [5, 5.41) is 0. The van der Waals surface area contributed by atoms with Crippen molar-refractivity contribution in [2.45, 2.75) is 33.4 Å². The van der Waals surface area contributed by atoms with Crippen LogP contribution in [0.25, 0.3) is 0 Å². The van der Waals surface area contributed by atoms with Crippen LogP contribution in [0.2, 0.25) is 0 Å². The highest BCUT2D eigenvalue weighted by molar-refractivity contribution is 5.38. The average Bonchev–Trinajstić information content (AvgIpc) is 2.07. The number of hydrogen-bond donors (Lipinski definition) is 0. The summed E-state index contributed by atoms with van der Waals surface area (Å²) in [4.78, 5) is 0. The van der Waals surface area contributed by atoms with Crippen LogP contribution in [0.15, 0.2) is 12.1 Å². The second-order valence-corrected chi connectivity index (χ2v) is 3.43. The SMILES string of the molecule is CCc1cc(C(F)(F)F)cc(C)c1C. The molecule has 0 heterocycles. The average molecular weight is 202 g/mol. The molecule has 0 aliphatic carbocycles. The maximum atomic E-state index is 12.4. The molecule has 0 saturated heterocycles. The van der Waals surface area contributed by atoms with Gasteiger partial charge in [0.05, 0.1) is 5.56 Å². The van der Waals surface area contributed by atoms with Gasteiger partial charge >= 0.3 is 6.18 Å². The summed E-state index contributed by atoms with van der Waals surface area (Å²) < 4.78 is 37.2. The first-order valence-corrected chi connectivity index (χ1v) is 4.53. The Morgan fingerprint density at radius 1 is 1.14 bits per heavy atom. The number of hydrogen-bond acceptors (Lipinski definition) is 0. The predicted octanol–water partition coefficient (Wildman–Crippen LogP) is 3.88. The number of rotatable bonds is 1. The van der Waals surface area contributed by atoms with Gasteiger partial charge in [0.1, 0.15) is 0 Å². The van der Waals surface area contributed by atoms with E-state index in [0.29, 0.717) is 12.0 Å². The lowest BCUT2D eigenvalue weighted by atomic mass is 9.98. The zero-order valence-electron chi connectivity index (χ0n) is 8.50. The summed E-state index contributed by atoms with van der Waals surface area (Å²) in [6, 6.07) is 2.44. The third kappa shape index (κ3) is 2.08. The van der Waals surface area contributed by atoms with Gasteiger partial charge in [-0.1, -0.05) is 6.92 Å². The zero-order valence-corrected chi connectivity index (χ0v) is 8.50. The van der Waals surface area contributed by atoms with Crippen LogP contribution < -0.4 is 0 Å². The maximum Gasteiger partial charge on any atom is 0.416 e. The van der Waals surface area contributed by atoms with E-state index in [1.807, 2.05) is 13.8 Å². The number of halogens is 3. The molecule has 3 heteroatoms. The Labute approximate surface area is 81.8 Å². The lowest BCUT2D eigenvalue weighted by Crippen LogP contribution is -2.07. The lowest BCUT2D eigenvalue weighted by molar-refractivity contribution is -0.137. The van der Waals surface area contributed by atoms with Gasteiger partial charge in [-0.2, -0.15) is 13.2 Å². The fourth-order valence-corrected chi connectivity index (χ4v) is 1.46. The third-order valence-electron chi connectivity index (χ3n) is 2.48. The van der Waals surface area contributed by atoms with Crippen molar-refractivity contribution in [1.82, 2.24) is 0 Å². The molecule has 0 nitrogen and oxygen atoms in total. The Morgan fingerprint density at radius 3 is 2.14 bits per heavy atom. The highest BCUT2D eigenvalue weighted by Gasteiger charge is 2.31. The fraction of sp³-hybridized carbons (Fsp3) is 0.455. The van der Waals surface area contributed by atoms with E-state index in [0.717, 1.165) is 11.1 Å². The highest BCUT2D eigenvalue weighted by atomic mass is 19.4. The molecule has 1 aromatic rings. The van der Waals surface area contributed by atoms with E-state index in [2.05, 4.69) is 0 Å². The summed E-state index contributed by atoms with van der Waals surface area (Å²) in [5.74, 6) is 0. The smallest absolute Gasteiger partial charge is 0.166 e. The van der Waals surface area contributed by atoms with E-state index in [-0.39, 0.29) is 0 Å². The first-order chi connectivity index (χ1) is 6.36. The molecule has 0 aliphatic heterocycles. The first-order valence-electron chi connectivity index (χ1n) is 4.53. The number of benzene rings is 1. The van der Waals surface area contributed by atoms with Crippen molar-refractivity contribution < 1.29 is 13.2 Å². The van der Waals surface area contributed by atoms with Crippen molar-refractivity contribution in [2.75, 3.05) is 0 Å². The van der Waals surface area contributed by atoms with Crippen LogP contribution in [-0.4, -0.2) is 0 Å². The van der Waals surface area contributed by atoms with Crippen molar-refractivity contribution in [2.24, 2.45) is 0 Å². The molecule has 78 valence electrons. The normalized spacial score (nSPS) is 11.9. The van der Waals surface area contributed by atoms with Gasteiger partial charge in [-0.25, -0.2) is 0 Å². The molecule has 0 atom stereocenters. The second kappa shape index (κ2) is 3.64. The summed E-state index contributed by atoms with van der Waals surface area (Å²) in [7, 11) is 0. The van der Waals surface area contributed by atoms with Gasteiger partial charge < -0.3 is 0 Å². The van der Waals surface area contributed by atoms with Gasteiger partial charge in [0.2, 0.25) is 0 Å². The van der Waals surface area contributed by atoms with E-state index < -0.39 is 11.7 Å². The molecule has 0 aliphatic rings. The van der Waals surface area contributed by atoms with Crippen LogP contribution in [0, 0.1) is 13.8 Å². The van der Waals surface area contributed by atoms with Crippen molar-refractivity contribution in [3.05, 3.63) is 34.4 Å². The van der Waals surface area contributed by atoms with Crippen LogP contribution >= 0.6 is 0 Å². The van der Waals surface area contributed by atoms with Gasteiger partial charge in [0.25, 0.3) is 0 Å². The molecule has 0 fully saturated rings. The van der Waals surface area contributed by atoms with E-state index in [1.165, 1.54) is 12.1 Å². The van der Waals surface area contributed by atoms with Crippen molar-refractivity contribution in [3.63, 3.8) is 0 Å². The summed E-state index contributed by atoms with van der Waals surface area (Å²) in [6.45, 7) is 5.43. The first kappa shape index (κ1) is 11.1. The van der Waals surface area contributed by atoms with Crippen molar-refractivity contribution >= 4 is 0 Å². The Kier molecular flexibility index (Phi) is 2.88. The van der Waals surface area contributed by atoms with Gasteiger partial charge in [-0.3, -0.25) is 0 Å². The molecule has 0 unspecified atom stereocenters. The molecule has 0 N–H and O–H groups in total. The Balaban J connectivity index is 3.30. The minimum absolute atomic E-state index is 0.544. The largest absolute Gasteiger partial charge is 0.416 e. The Hall–Kier alpha value is -0.990. The van der Waals surface area contributed by atoms with Crippen LogP contribution in [0.5, 0.6) is 0 Å². The Morgan fingerprint density at radius 2 is 1.71 bits per heavy atom. The molecule has 0 spiro atoms.